The predicted octanol–water partition coefficient (Wildman–Crippen LogP) is 3.21. The topological polar surface area (TPSA) is 114 Å². The van der Waals surface area contributed by atoms with Gasteiger partial charge in [-0.05, 0) is 43.7 Å². The highest BCUT2D eigenvalue weighted by atomic mass is 32.1. The average molecular weight is 480 g/mol. The molecule has 3 rings (SSSR count). The molecule has 8 nitrogen and oxygen atoms in total. The van der Waals surface area contributed by atoms with Crippen molar-refractivity contribution in [2.45, 2.75) is 20.4 Å². The van der Waals surface area contributed by atoms with Gasteiger partial charge in [-0.15, -0.1) is 11.3 Å². The molecular formula is C25H25N3O5S. The fourth-order valence-electron chi connectivity index (χ4n) is 2.95. The minimum absolute atomic E-state index is 0.285. The largest absolute Gasteiger partial charge is 0.454 e. The minimum Gasteiger partial charge on any atom is -0.454 e. The number of aryl methyl sites for hydroxylation is 2. The maximum Gasteiger partial charge on any atom is 0.325 e. The highest BCUT2D eigenvalue weighted by molar-refractivity contribution is 7.13. The number of hydrogen-bond donors (Lipinski definition) is 3. The van der Waals surface area contributed by atoms with Crippen LogP contribution in [-0.2, 0) is 20.9 Å². The molecule has 0 atom stereocenters. The summed E-state index contributed by atoms with van der Waals surface area (Å²) in [7, 11) is 0. The Balaban J connectivity index is 1.47. The van der Waals surface area contributed by atoms with Gasteiger partial charge >= 0.3 is 5.97 Å². The van der Waals surface area contributed by atoms with Crippen molar-refractivity contribution in [1.29, 1.82) is 0 Å². The molecule has 0 saturated heterocycles. The van der Waals surface area contributed by atoms with E-state index in [-0.39, 0.29) is 23.9 Å². The summed E-state index contributed by atoms with van der Waals surface area (Å²) in [6.07, 6.45) is 0. The molecule has 34 heavy (non-hydrogen) atoms. The van der Waals surface area contributed by atoms with E-state index in [1.165, 1.54) is 11.3 Å². The van der Waals surface area contributed by atoms with Crippen molar-refractivity contribution < 1.29 is 23.9 Å². The van der Waals surface area contributed by atoms with Crippen LogP contribution < -0.4 is 16.0 Å². The minimum atomic E-state index is -0.749. The van der Waals surface area contributed by atoms with Crippen LogP contribution in [0.1, 0.15) is 36.0 Å². The lowest BCUT2D eigenvalue weighted by Crippen LogP contribution is -2.32. The van der Waals surface area contributed by atoms with Gasteiger partial charge in [0.05, 0.1) is 16.1 Å². The van der Waals surface area contributed by atoms with Crippen LogP contribution in [0.2, 0.25) is 0 Å². The van der Waals surface area contributed by atoms with Gasteiger partial charge < -0.3 is 20.7 Å². The van der Waals surface area contributed by atoms with Crippen molar-refractivity contribution in [3.63, 3.8) is 0 Å². The zero-order chi connectivity index (χ0) is 24.5. The summed E-state index contributed by atoms with van der Waals surface area (Å²) in [6, 6.07) is 17.8. The Labute approximate surface area is 201 Å². The van der Waals surface area contributed by atoms with Crippen molar-refractivity contribution in [1.82, 2.24) is 10.6 Å². The van der Waals surface area contributed by atoms with Crippen LogP contribution >= 0.6 is 11.3 Å². The van der Waals surface area contributed by atoms with Crippen molar-refractivity contribution in [3.05, 3.63) is 87.1 Å². The Kier molecular flexibility index (Phi) is 8.53. The van der Waals surface area contributed by atoms with Gasteiger partial charge in [0.1, 0.15) is 6.54 Å². The van der Waals surface area contributed by atoms with Gasteiger partial charge in [0.2, 0.25) is 0 Å². The summed E-state index contributed by atoms with van der Waals surface area (Å²) in [5.74, 6) is -2.08. The quantitative estimate of drug-likeness (QED) is 0.408. The lowest BCUT2D eigenvalue weighted by molar-refractivity contribution is -0.146. The summed E-state index contributed by atoms with van der Waals surface area (Å²) in [5, 5.41) is 7.86. The van der Waals surface area contributed by atoms with Crippen LogP contribution in [0.15, 0.2) is 60.7 Å². The summed E-state index contributed by atoms with van der Waals surface area (Å²) < 4.78 is 4.92. The summed E-state index contributed by atoms with van der Waals surface area (Å²) >= 11 is 1.31. The van der Waals surface area contributed by atoms with Crippen LogP contribution in [0.4, 0.5) is 5.69 Å². The monoisotopic (exact) mass is 479 g/mol. The Morgan fingerprint density at radius 3 is 2.29 bits per heavy atom. The maximum atomic E-state index is 12.6. The smallest absolute Gasteiger partial charge is 0.325 e. The predicted molar refractivity (Wildman–Crippen MR) is 130 cm³/mol. The molecule has 9 heteroatoms. The third kappa shape index (κ3) is 7.28. The van der Waals surface area contributed by atoms with Gasteiger partial charge in [0.25, 0.3) is 17.7 Å². The Morgan fingerprint density at radius 2 is 1.59 bits per heavy atom. The van der Waals surface area contributed by atoms with Crippen LogP contribution in [0.5, 0.6) is 0 Å². The fraction of sp³-hybridized carbons (Fsp3) is 0.200. The Bertz CT molecular complexity index is 1190. The third-order valence-corrected chi connectivity index (χ3v) is 5.74. The Morgan fingerprint density at radius 1 is 0.853 bits per heavy atom. The number of ether oxygens (including phenoxy) is 1. The van der Waals surface area contributed by atoms with E-state index in [1.54, 1.807) is 30.3 Å². The van der Waals surface area contributed by atoms with E-state index >= 15 is 0 Å². The van der Waals surface area contributed by atoms with E-state index in [0.717, 1.165) is 16.0 Å². The van der Waals surface area contributed by atoms with Gasteiger partial charge in [0, 0.05) is 11.4 Å². The van der Waals surface area contributed by atoms with E-state index in [9.17, 15) is 19.2 Å². The molecular weight excluding hydrogens is 454 g/mol. The fourth-order valence-corrected chi connectivity index (χ4v) is 3.74. The molecule has 176 valence electrons. The second kappa shape index (κ2) is 11.8. The first kappa shape index (κ1) is 24.7. The first-order valence-corrected chi connectivity index (χ1v) is 11.4. The molecule has 0 aliphatic rings. The number of carbonyl (C=O) groups is 4. The molecule has 0 fully saturated rings. The van der Waals surface area contributed by atoms with Crippen molar-refractivity contribution in [3.8, 4) is 0 Å². The van der Waals surface area contributed by atoms with E-state index in [4.69, 9.17) is 4.74 Å². The second-order valence-electron chi connectivity index (χ2n) is 7.52. The number of thiophene rings is 1. The number of para-hydroxylation sites is 1. The molecule has 2 aromatic carbocycles. The summed E-state index contributed by atoms with van der Waals surface area (Å²) in [6.45, 7) is 3.30. The second-order valence-corrected chi connectivity index (χ2v) is 8.80. The molecule has 3 amide bonds. The maximum absolute atomic E-state index is 12.6. The highest BCUT2D eigenvalue weighted by Crippen LogP contribution is 2.16. The van der Waals surface area contributed by atoms with Gasteiger partial charge in [0.15, 0.2) is 6.61 Å². The lowest BCUT2D eigenvalue weighted by Gasteiger charge is -2.12. The molecule has 3 N–H and O–H groups in total. The zero-order valence-electron chi connectivity index (χ0n) is 18.8. The third-order valence-electron chi connectivity index (χ3n) is 4.74. The average Bonchev–Trinajstić information content (AvgIpc) is 3.27. The number of nitrogens with one attached hydrogen (secondary N) is 3. The number of rotatable bonds is 9. The summed E-state index contributed by atoms with van der Waals surface area (Å²) in [5.41, 5.74) is 2.66. The number of esters is 1. The molecule has 0 unspecified atom stereocenters. The van der Waals surface area contributed by atoms with E-state index in [2.05, 4.69) is 16.0 Å². The van der Waals surface area contributed by atoms with Gasteiger partial charge in [-0.2, -0.15) is 0 Å². The number of anilines is 1. The number of benzene rings is 2. The molecule has 0 aliphatic carbocycles. The first-order chi connectivity index (χ1) is 16.3. The van der Waals surface area contributed by atoms with Crippen LogP contribution in [0.3, 0.4) is 0 Å². The van der Waals surface area contributed by atoms with Crippen LogP contribution in [-0.4, -0.2) is 36.8 Å². The Hall–Kier alpha value is -3.98. The SMILES string of the molecule is Cc1ccc(CNC(=O)c2ccccc2NC(=O)COC(=O)CNC(=O)c2ccc(C)s2)cc1. The number of carbonyl (C=O) groups excluding carboxylic acids is 4. The lowest BCUT2D eigenvalue weighted by atomic mass is 10.1. The van der Waals surface area contributed by atoms with Gasteiger partial charge in [-0.25, -0.2) is 0 Å². The van der Waals surface area contributed by atoms with Crippen LogP contribution in [0.25, 0.3) is 0 Å². The van der Waals surface area contributed by atoms with Gasteiger partial charge in [-0.1, -0.05) is 42.0 Å². The van der Waals surface area contributed by atoms with E-state index < -0.39 is 18.5 Å². The molecule has 3 aromatic rings. The van der Waals surface area contributed by atoms with Crippen LogP contribution in [0, 0.1) is 13.8 Å². The van der Waals surface area contributed by atoms with Crippen molar-refractivity contribution in [2.75, 3.05) is 18.5 Å². The van der Waals surface area contributed by atoms with Gasteiger partial charge in [-0.3, -0.25) is 19.2 Å². The first-order valence-electron chi connectivity index (χ1n) is 10.5. The molecule has 0 bridgehead atoms. The van der Waals surface area contributed by atoms with Crippen molar-refractivity contribution >= 4 is 40.7 Å². The standard InChI is InChI=1S/C25H25N3O5S/c1-16-7-10-18(11-8-16)13-26-24(31)19-5-3-4-6-20(19)28-22(29)15-33-23(30)14-27-25(32)21-12-9-17(2)34-21/h3-12H,13-15H2,1-2H3,(H,26,31)(H,27,32)(H,28,29). The normalized spacial score (nSPS) is 10.3. The van der Waals surface area contributed by atoms with Crippen molar-refractivity contribution in [2.24, 2.45) is 0 Å². The van der Waals surface area contributed by atoms with E-state index in [1.807, 2.05) is 44.2 Å². The molecule has 0 spiro atoms. The zero-order valence-corrected chi connectivity index (χ0v) is 19.7. The number of amides is 3. The molecule has 0 saturated carbocycles. The number of hydrogen-bond acceptors (Lipinski definition) is 6. The summed E-state index contributed by atoms with van der Waals surface area (Å²) in [4.78, 5) is 50.2. The van der Waals surface area contributed by atoms with E-state index in [0.29, 0.717) is 17.1 Å². The molecule has 0 aliphatic heterocycles. The molecule has 0 radical (unpaired) electrons. The molecule has 1 heterocycles. The molecule has 1 aromatic heterocycles. The highest BCUT2D eigenvalue weighted by Gasteiger charge is 2.15.